The molecule has 0 aromatic carbocycles. The molecule has 0 unspecified atom stereocenters. The van der Waals surface area contributed by atoms with Crippen LogP contribution < -0.4 is 4.72 Å². The SMILES string of the molecule is CC(CCl)(CCl)NS(=O)(=O)c1ccc(Cl)s1. The molecule has 92 valence electrons. The number of hydrogen-bond acceptors (Lipinski definition) is 3. The largest absolute Gasteiger partial charge is 0.250 e. The van der Waals surface area contributed by atoms with E-state index in [0.29, 0.717) is 4.34 Å². The fourth-order valence-corrected chi connectivity index (χ4v) is 4.37. The zero-order valence-electron chi connectivity index (χ0n) is 8.34. The number of thiophene rings is 1. The summed E-state index contributed by atoms with van der Waals surface area (Å²) in [4.78, 5) is 0. The van der Waals surface area contributed by atoms with Gasteiger partial charge in [0.05, 0.1) is 9.88 Å². The molecule has 1 rings (SSSR count). The summed E-state index contributed by atoms with van der Waals surface area (Å²) in [5.41, 5.74) is -0.863. The highest BCUT2D eigenvalue weighted by Gasteiger charge is 2.30. The maximum Gasteiger partial charge on any atom is 0.250 e. The second-order valence-corrected chi connectivity index (χ2v) is 7.65. The molecular weight excluding hydrogens is 313 g/mol. The van der Waals surface area contributed by atoms with E-state index in [0.717, 1.165) is 11.3 Å². The number of sulfonamides is 1. The van der Waals surface area contributed by atoms with Gasteiger partial charge in [-0.1, -0.05) is 11.6 Å². The third-order valence-electron chi connectivity index (χ3n) is 1.78. The van der Waals surface area contributed by atoms with Crippen molar-refractivity contribution in [3.05, 3.63) is 16.5 Å². The molecule has 0 bridgehead atoms. The van der Waals surface area contributed by atoms with Crippen molar-refractivity contribution < 1.29 is 8.42 Å². The maximum absolute atomic E-state index is 11.9. The number of hydrogen-bond donors (Lipinski definition) is 1. The van der Waals surface area contributed by atoms with Crippen molar-refractivity contribution in [1.82, 2.24) is 4.72 Å². The summed E-state index contributed by atoms with van der Waals surface area (Å²) in [7, 11) is -3.61. The van der Waals surface area contributed by atoms with Crippen molar-refractivity contribution in [3.8, 4) is 0 Å². The summed E-state index contributed by atoms with van der Waals surface area (Å²) >= 11 is 18.0. The van der Waals surface area contributed by atoms with Gasteiger partial charge in [-0.2, -0.15) is 0 Å². The van der Waals surface area contributed by atoms with E-state index in [4.69, 9.17) is 34.8 Å². The number of rotatable bonds is 5. The Kier molecular flexibility index (Phi) is 4.92. The Labute approximate surface area is 114 Å². The van der Waals surface area contributed by atoms with Crippen LogP contribution in [0.1, 0.15) is 6.92 Å². The number of halogens is 3. The number of alkyl halides is 2. The van der Waals surface area contributed by atoms with Gasteiger partial charge in [0.1, 0.15) is 4.21 Å². The molecule has 0 spiro atoms. The first kappa shape index (κ1) is 14.5. The van der Waals surface area contributed by atoms with E-state index >= 15 is 0 Å². The standard InChI is InChI=1S/C8H10Cl3NO2S2/c1-8(4-9,5-10)12-16(13,14)7-3-2-6(11)15-7/h2-3,12H,4-5H2,1H3. The molecule has 1 N–H and O–H groups in total. The van der Waals surface area contributed by atoms with Gasteiger partial charge in [0.2, 0.25) is 0 Å². The molecule has 0 saturated heterocycles. The molecule has 0 atom stereocenters. The fraction of sp³-hybridized carbons (Fsp3) is 0.500. The van der Waals surface area contributed by atoms with Gasteiger partial charge in [0.25, 0.3) is 10.0 Å². The second-order valence-electron chi connectivity index (χ2n) is 3.49. The number of nitrogens with one attached hydrogen (secondary N) is 1. The zero-order valence-corrected chi connectivity index (χ0v) is 12.2. The van der Waals surface area contributed by atoms with E-state index in [2.05, 4.69) is 4.72 Å². The fourth-order valence-electron chi connectivity index (χ4n) is 0.907. The summed E-state index contributed by atoms with van der Waals surface area (Å²) in [5, 5.41) is 0. The highest BCUT2D eigenvalue weighted by molar-refractivity contribution is 7.91. The predicted molar refractivity (Wildman–Crippen MR) is 69.5 cm³/mol. The lowest BCUT2D eigenvalue weighted by atomic mass is 10.1. The molecule has 1 aromatic heterocycles. The third-order valence-corrected chi connectivity index (χ3v) is 6.33. The van der Waals surface area contributed by atoms with Crippen LogP contribution in [0, 0.1) is 0 Å². The Morgan fingerprint density at radius 2 is 1.94 bits per heavy atom. The summed E-state index contributed by atoms with van der Waals surface area (Å²) < 4.78 is 26.8. The topological polar surface area (TPSA) is 46.2 Å². The first-order valence-electron chi connectivity index (χ1n) is 4.24. The quantitative estimate of drug-likeness (QED) is 0.847. The molecule has 1 heterocycles. The Bertz CT molecular complexity index is 454. The Hall–Kier alpha value is 0.480. The highest BCUT2D eigenvalue weighted by atomic mass is 35.5. The molecule has 16 heavy (non-hydrogen) atoms. The van der Waals surface area contributed by atoms with E-state index < -0.39 is 15.6 Å². The Morgan fingerprint density at radius 3 is 2.31 bits per heavy atom. The van der Waals surface area contributed by atoms with Crippen molar-refractivity contribution in [2.24, 2.45) is 0 Å². The van der Waals surface area contributed by atoms with Crippen molar-refractivity contribution in [2.45, 2.75) is 16.7 Å². The van der Waals surface area contributed by atoms with Crippen LogP contribution in [-0.2, 0) is 10.0 Å². The van der Waals surface area contributed by atoms with Gasteiger partial charge in [-0.05, 0) is 19.1 Å². The minimum atomic E-state index is -3.61. The van der Waals surface area contributed by atoms with Crippen molar-refractivity contribution >= 4 is 56.2 Å². The molecule has 3 nitrogen and oxygen atoms in total. The zero-order chi connectivity index (χ0) is 12.4. The Balaban J connectivity index is 2.96. The van der Waals surface area contributed by atoms with Crippen LogP contribution in [0.4, 0.5) is 0 Å². The van der Waals surface area contributed by atoms with Gasteiger partial charge >= 0.3 is 0 Å². The van der Waals surface area contributed by atoms with Crippen molar-refractivity contribution in [1.29, 1.82) is 0 Å². The van der Waals surface area contributed by atoms with E-state index in [1.54, 1.807) is 6.92 Å². The van der Waals surface area contributed by atoms with Gasteiger partial charge in [-0.3, -0.25) is 0 Å². The van der Waals surface area contributed by atoms with Crippen molar-refractivity contribution in [3.63, 3.8) is 0 Å². The molecule has 0 fully saturated rings. The lowest BCUT2D eigenvalue weighted by Gasteiger charge is -2.24. The van der Waals surface area contributed by atoms with Crippen LogP contribution in [0.3, 0.4) is 0 Å². The smallest absolute Gasteiger partial charge is 0.206 e. The summed E-state index contributed by atoms with van der Waals surface area (Å²) in [6.45, 7) is 1.64. The minimum absolute atomic E-state index is 0.0921. The van der Waals surface area contributed by atoms with Gasteiger partial charge in [-0.15, -0.1) is 34.5 Å². The van der Waals surface area contributed by atoms with Crippen LogP contribution in [0.5, 0.6) is 0 Å². The lowest BCUT2D eigenvalue weighted by Crippen LogP contribution is -2.48. The molecule has 0 aliphatic carbocycles. The molecule has 8 heteroatoms. The van der Waals surface area contributed by atoms with E-state index in [-0.39, 0.29) is 16.0 Å². The van der Waals surface area contributed by atoms with Gasteiger partial charge < -0.3 is 0 Å². The van der Waals surface area contributed by atoms with E-state index in [1.807, 2.05) is 0 Å². The van der Waals surface area contributed by atoms with Crippen LogP contribution in [0.15, 0.2) is 16.3 Å². The molecule has 0 saturated carbocycles. The average Bonchev–Trinajstić information content (AvgIpc) is 2.65. The van der Waals surface area contributed by atoms with Gasteiger partial charge in [-0.25, -0.2) is 13.1 Å². The molecule has 0 amide bonds. The van der Waals surface area contributed by atoms with Crippen LogP contribution in [-0.4, -0.2) is 25.7 Å². The predicted octanol–water partition coefficient (Wildman–Crippen LogP) is 2.92. The maximum atomic E-state index is 11.9. The third kappa shape index (κ3) is 3.48. The summed E-state index contributed by atoms with van der Waals surface area (Å²) in [6, 6.07) is 2.97. The van der Waals surface area contributed by atoms with Crippen molar-refractivity contribution in [2.75, 3.05) is 11.8 Å². The molecule has 0 aliphatic rings. The van der Waals surface area contributed by atoms with Crippen LogP contribution in [0.2, 0.25) is 4.34 Å². The molecular formula is C8H10Cl3NO2S2. The monoisotopic (exact) mass is 321 g/mol. The first-order chi connectivity index (χ1) is 7.33. The van der Waals surface area contributed by atoms with Crippen LogP contribution in [0.25, 0.3) is 0 Å². The Morgan fingerprint density at radius 1 is 1.38 bits per heavy atom. The minimum Gasteiger partial charge on any atom is -0.206 e. The van der Waals surface area contributed by atoms with Gasteiger partial charge in [0, 0.05) is 11.8 Å². The summed E-state index contributed by atoms with van der Waals surface area (Å²) in [5.74, 6) is 0.184. The van der Waals surface area contributed by atoms with Gasteiger partial charge in [0.15, 0.2) is 0 Å². The normalized spacial score (nSPS) is 13.0. The summed E-state index contributed by atoms with van der Waals surface area (Å²) in [6.07, 6.45) is 0. The first-order valence-corrected chi connectivity index (χ1v) is 7.99. The molecule has 1 aromatic rings. The highest BCUT2D eigenvalue weighted by Crippen LogP contribution is 2.26. The van der Waals surface area contributed by atoms with Crippen LogP contribution >= 0.6 is 46.1 Å². The molecule has 0 aliphatic heterocycles. The van der Waals surface area contributed by atoms with E-state index in [1.165, 1.54) is 12.1 Å². The molecule has 0 radical (unpaired) electrons. The lowest BCUT2D eigenvalue weighted by molar-refractivity contribution is 0.501. The average molecular weight is 323 g/mol. The second kappa shape index (κ2) is 5.42. The van der Waals surface area contributed by atoms with E-state index in [9.17, 15) is 8.42 Å².